The Morgan fingerprint density at radius 2 is 1.77 bits per heavy atom. The summed E-state index contributed by atoms with van der Waals surface area (Å²) in [5, 5.41) is 2.79. The van der Waals surface area contributed by atoms with Crippen molar-refractivity contribution < 1.29 is 40.7 Å². The fraction of sp³-hybridized carbons (Fsp3) is 0.739. The number of piperidine rings is 1. The van der Waals surface area contributed by atoms with Crippen LogP contribution in [0.2, 0.25) is 0 Å². The van der Waals surface area contributed by atoms with Gasteiger partial charge in [-0.05, 0) is 19.8 Å². The van der Waals surface area contributed by atoms with E-state index in [2.05, 4.69) is 20.7 Å². The van der Waals surface area contributed by atoms with Crippen LogP contribution in [0.5, 0.6) is 0 Å². The van der Waals surface area contributed by atoms with E-state index in [0.29, 0.717) is 32.5 Å². The minimum Gasteiger partial charge on any atom is -0.366 e. The molecule has 10 nitrogen and oxygen atoms in total. The molecule has 0 radical (unpaired) electrons. The number of likely N-dealkylation sites (tertiary alicyclic amines) is 1. The molecule has 4 rings (SSSR count). The fourth-order valence-corrected chi connectivity index (χ4v) is 5.30. The second kappa shape index (κ2) is 11.4. The van der Waals surface area contributed by atoms with Gasteiger partial charge in [-0.25, -0.2) is 15.4 Å². The largest absolute Gasteiger partial charge is 0.419 e. The molecule has 2 amide bonds. The van der Waals surface area contributed by atoms with Crippen LogP contribution < -0.4 is 21.1 Å². The van der Waals surface area contributed by atoms with Crippen LogP contribution in [-0.2, 0) is 20.5 Å². The maximum atomic E-state index is 13.4. The number of hydrogen-bond donors (Lipinski definition) is 3. The molecule has 3 aliphatic rings. The number of anilines is 1. The zero-order valence-corrected chi connectivity index (χ0v) is 21.3. The summed E-state index contributed by atoms with van der Waals surface area (Å²) in [7, 11) is 0. The number of nitrogens with one attached hydrogen (secondary N) is 3. The van der Waals surface area contributed by atoms with Crippen LogP contribution in [0.3, 0.4) is 0 Å². The van der Waals surface area contributed by atoms with Crippen LogP contribution in [0.15, 0.2) is 12.4 Å². The van der Waals surface area contributed by atoms with E-state index < -0.39 is 47.9 Å². The lowest BCUT2D eigenvalue weighted by atomic mass is 9.96. The van der Waals surface area contributed by atoms with Gasteiger partial charge in [-0.15, -0.1) is 0 Å². The van der Waals surface area contributed by atoms with Crippen LogP contribution in [0.4, 0.5) is 32.3 Å². The van der Waals surface area contributed by atoms with Gasteiger partial charge in [-0.2, -0.15) is 26.3 Å². The van der Waals surface area contributed by atoms with E-state index in [-0.39, 0.29) is 37.0 Å². The van der Waals surface area contributed by atoms with Gasteiger partial charge in [0.1, 0.15) is 6.10 Å². The average Bonchev–Trinajstić information content (AvgIpc) is 3.14. The normalized spacial score (nSPS) is 28.1. The summed E-state index contributed by atoms with van der Waals surface area (Å²) in [5.41, 5.74) is 3.53. The van der Waals surface area contributed by atoms with Gasteiger partial charge in [-0.1, -0.05) is 6.92 Å². The van der Waals surface area contributed by atoms with Crippen LogP contribution in [0, 0.1) is 11.8 Å². The van der Waals surface area contributed by atoms with Crippen LogP contribution in [-0.4, -0.2) is 89.9 Å². The first kappa shape index (κ1) is 29.3. The number of carbonyl (C=O) groups is 2. The van der Waals surface area contributed by atoms with Crippen molar-refractivity contribution in [1.82, 2.24) is 31.0 Å². The van der Waals surface area contributed by atoms with Crippen molar-refractivity contribution >= 4 is 17.8 Å². The van der Waals surface area contributed by atoms with E-state index in [1.165, 1.54) is 0 Å². The monoisotopic (exact) mass is 567 g/mol. The maximum Gasteiger partial charge on any atom is 0.419 e. The standard InChI is InChI=1S/C23H31F6N7O3/c1-12-10-36(15-3-5-35(6-4-15)21-30-7-14(8-31-21)22(24,25)26)20(38)18(12)39-11-13(2)33-16-9-32-34-19(37)17(16)23(27,28)29/h7-8,12-13,15-18,32-33H,3-6,9-11H2,1-2H3,(H,34,37)/t12-,13+,16?,17?,18+/m1/s1. The molecule has 3 aliphatic heterocycles. The molecule has 2 unspecified atom stereocenters. The summed E-state index contributed by atoms with van der Waals surface area (Å²) in [6.45, 7) is 4.72. The number of amides is 2. The number of rotatable bonds is 7. The van der Waals surface area contributed by atoms with Gasteiger partial charge in [0.2, 0.25) is 11.9 Å². The predicted molar refractivity (Wildman–Crippen MR) is 125 cm³/mol. The molecule has 0 spiro atoms. The van der Waals surface area contributed by atoms with Gasteiger partial charge >= 0.3 is 12.4 Å². The SMILES string of the molecule is C[C@@H]1CN(C2CCN(c3ncc(C(F)(F)F)cn3)CC2)C(=O)[C@H]1OC[C@H](C)NC1CNNC(=O)C1C(F)(F)F. The van der Waals surface area contributed by atoms with Gasteiger partial charge in [0.05, 0.1) is 12.2 Å². The number of halogens is 6. The highest BCUT2D eigenvalue weighted by Gasteiger charge is 2.51. The van der Waals surface area contributed by atoms with E-state index in [4.69, 9.17) is 4.74 Å². The molecule has 16 heteroatoms. The molecular formula is C23H31F6N7O3. The van der Waals surface area contributed by atoms with Gasteiger partial charge in [0.25, 0.3) is 5.91 Å². The fourth-order valence-electron chi connectivity index (χ4n) is 5.30. The molecule has 39 heavy (non-hydrogen) atoms. The van der Waals surface area contributed by atoms with Crippen molar-refractivity contribution in [2.24, 2.45) is 11.8 Å². The molecule has 5 atom stereocenters. The molecule has 3 saturated heterocycles. The predicted octanol–water partition coefficient (Wildman–Crippen LogP) is 1.49. The lowest BCUT2D eigenvalue weighted by Crippen LogP contribution is -2.65. The van der Waals surface area contributed by atoms with Crippen molar-refractivity contribution in [3.8, 4) is 0 Å². The molecule has 1 aromatic heterocycles. The number of carbonyl (C=O) groups excluding carboxylic acids is 2. The minimum atomic E-state index is -4.71. The topological polar surface area (TPSA) is 112 Å². The van der Waals surface area contributed by atoms with Crippen molar-refractivity contribution in [1.29, 1.82) is 0 Å². The Balaban J connectivity index is 1.27. The Labute approximate surface area is 220 Å². The first-order valence-corrected chi connectivity index (χ1v) is 12.7. The molecule has 1 aromatic rings. The Morgan fingerprint density at radius 3 is 2.36 bits per heavy atom. The Morgan fingerprint density at radius 1 is 1.13 bits per heavy atom. The van der Waals surface area contributed by atoms with Crippen LogP contribution in [0.1, 0.15) is 32.3 Å². The first-order chi connectivity index (χ1) is 18.3. The van der Waals surface area contributed by atoms with Gasteiger partial charge in [-0.3, -0.25) is 15.0 Å². The summed E-state index contributed by atoms with van der Waals surface area (Å²) in [4.78, 5) is 36.1. The second-order valence-electron chi connectivity index (χ2n) is 10.3. The van der Waals surface area contributed by atoms with E-state index in [9.17, 15) is 35.9 Å². The number of aromatic nitrogens is 2. The third-order valence-corrected chi connectivity index (χ3v) is 7.28. The lowest BCUT2D eigenvalue weighted by molar-refractivity contribution is -0.193. The zero-order chi connectivity index (χ0) is 28.5. The van der Waals surface area contributed by atoms with E-state index in [1.54, 1.807) is 16.7 Å². The molecule has 3 N–H and O–H groups in total. The van der Waals surface area contributed by atoms with Crippen molar-refractivity contribution in [3.05, 3.63) is 18.0 Å². The summed E-state index contributed by atoms with van der Waals surface area (Å²) >= 11 is 0. The smallest absolute Gasteiger partial charge is 0.366 e. The highest BCUT2D eigenvalue weighted by atomic mass is 19.4. The molecule has 218 valence electrons. The van der Waals surface area contributed by atoms with Crippen molar-refractivity contribution in [2.45, 2.75) is 63.3 Å². The average molecular weight is 568 g/mol. The van der Waals surface area contributed by atoms with Gasteiger partial charge in [0.15, 0.2) is 5.92 Å². The number of hydrogen-bond acceptors (Lipinski definition) is 8. The minimum absolute atomic E-state index is 0.0268. The third-order valence-electron chi connectivity index (χ3n) is 7.28. The van der Waals surface area contributed by atoms with Gasteiger partial charge in [0, 0.05) is 62.6 Å². The molecule has 4 heterocycles. The Bertz CT molecular complexity index is 1020. The quantitative estimate of drug-likeness (QED) is 0.425. The van der Waals surface area contributed by atoms with Crippen molar-refractivity contribution in [2.75, 3.05) is 37.7 Å². The number of hydrazine groups is 1. The Kier molecular flexibility index (Phi) is 8.56. The zero-order valence-electron chi connectivity index (χ0n) is 21.3. The van der Waals surface area contributed by atoms with Crippen LogP contribution in [0.25, 0.3) is 0 Å². The first-order valence-electron chi connectivity index (χ1n) is 12.7. The number of nitrogens with zero attached hydrogens (tertiary/aromatic N) is 4. The molecule has 0 aliphatic carbocycles. The maximum absolute atomic E-state index is 13.4. The van der Waals surface area contributed by atoms with Gasteiger partial charge < -0.3 is 19.9 Å². The van der Waals surface area contributed by atoms with E-state index >= 15 is 0 Å². The second-order valence-corrected chi connectivity index (χ2v) is 10.3. The summed E-state index contributed by atoms with van der Waals surface area (Å²) in [6.07, 6.45) is -7.33. The molecular weight excluding hydrogens is 536 g/mol. The van der Waals surface area contributed by atoms with E-state index in [0.717, 1.165) is 12.4 Å². The molecule has 3 fully saturated rings. The highest BCUT2D eigenvalue weighted by molar-refractivity contribution is 5.84. The lowest BCUT2D eigenvalue weighted by Gasteiger charge is -2.37. The summed E-state index contributed by atoms with van der Waals surface area (Å²) < 4.78 is 84.2. The molecule has 0 aromatic carbocycles. The third kappa shape index (κ3) is 6.72. The number of ether oxygens (including phenoxy) is 1. The molecule has 0 bridgehead atoms. The van der Waals surface area contributed by atoms with E-state index in [1.807, 2.05) is 12.3 Å². The van der Waals surface area contributed by atoms with Crippen LogP contribution >= 0.6 is 0 Å². The summed E-state index contributed by atoms with van der Waals surface area (Å²) in [6, 6.07) is -1.84. The van der Waals surface area contributed by atoms with Crippen molar-refractivity contribution in [3.63, 3.8) is 0 Å². The molecule has 0 saturated carbocycles. The highest BCUT2D eigenvalue weighted by Crippen LogP contribution is 2.32. The number of alkyl halides is 6. The Hall–Kier alpha value is -2.72. The summed E-state index contributed by atoms with van der Waals surface area (Å²) in [5.74, 6) is -3.52.